The van der Waals surface area contributed by atoms with E-state index in [1.807, 2.05) is 30.3 Å². The van der Waals surface area contributed by atoms with Gasteiger partial charge in [-0.1, -0.05) is 54.8 Å². The summed E-state index contributed by atoms with van der Waals surface area (Å²) in [7, 11) is 0. The molecule has 1 heterocycles. The molecule has 0 unspecified atom stereocenters. The van der Waals surface area contributed by atoms with Crippen LogP contribution in [-0.2, 0) is 0 Å². The monoisotopic (exact) mass is 416 g/mol. The van der Waals surface area contributed by atoms with E-state index < -0.39 is 0 Å². The molecule has 2 aromatic carbocycles. The Balaban J connectivity index is 1.96. The predicted molar refractivity (Wildman–Crippen MR) is 89.8 cm³/mol. The zero-order valence-electron chi connectivity index (χ0n) is 9.45. The van der Waals surface area contributed by atoms with Crippen molar-refractivity contribution in [2.24, 2.45) is 0 Å². The van der Waals surface area contributed by atoms with Crippen LogP contribution in [0.1, 0.15) is 0 Å². The van der Waals surface area contributed by atoms with Gasteiger partial charge in [0.1, 0.15) is 0 Å². The second-order valence-electron chi connectivity index (χ2n) is 3.88. The maximum atomic E-state index is 6.18. The summed E-state index contributed by atoms with van der Waals surface area (Å²) in [5.41, 5.74) is 1.83. The molecule has 0 aliphatic heterocycles. The minimum absolute atomic E-state index is 0.662. The fourth-order valence-corrected chi connectivity index (χ4v) is 3.81. The molecule has 0 saturated carbocycles. The van der Waals surface area contributed by atoms with Crippen molar-refractivity contribution >= 4 is 75.8 Å². The van der Waals surface area contributed by atoms with Gasteiger partial charge < -0.3 is 5.32 Å². The third-order valence-corrected chi connectivity index (χ3v) is 4.76. The van der Waals surface area contributed by atoms with Gasteiger partial charge in [0.05, 0.1) is 20.9 Å². The van der Waals surface area contributed by atoms with E-state index in [1.165, 1.54) is 0 Å². The summed E-state index contributed by atoms with van der Waals surface area (Å²) in [5, 5.41) is 4.74. The fraction of sp³-hybridized carbons (Fsp3) is 0. The van der Waals surface area contributed by atoms with Gasteiger partial charge in [-0.2, -0.15) is 0 Å². The van der Waals surface area contributed by atoms with Crippen LogP contribution in [0.4, 0.5) is 10.8 Å². The second kappa shape index (κ2) is 5.40. The maximum absolute atomic E-state index is 6.18. The summed E-state index contributed by atoms with van der Waals surface area (Å²) in [4.78, 5) is 4.53. The van der Waals surface area contributed by atoms with E-state index in [-0.39, 0.29) is 0 Å². The predicted octanol–water partition coefficient (Wildman–Crippen LogP) is 6.22. The van der Waals surface area contributed by atoms with E-state index in [0.29, 0.717) is 5.02 Å². The van der Waals surface area contributed by atoms with Crippen molar-refractivity contribution < 1.29 is 0 Å². The highest BCUT2D eigenvalue weighted by atomic mass is 79.9. The molecule has 0 radical (unpaired) electrons. The maximum Gasteiger partial charge on any atom is 0.188 e. The standard InChI is InChI=1S/C13H7Br2ClN2S/c14-7-1-3-10(9(16)5-7)17-13-18-11-4-2-8(15)6-12(11)19-13/h1-6H,(H,17,18). The molecule has 0 aliphatic rings. The Morgan fingerprint density at radius 3 is 2.58 bits per heavy atom. The van der Waals surface area contributed by atoms with E-state index in [1.54, 1.807) is 11.3 Å². The van der Waals surface area contributed by atoms with Crippen LogP contribution >= 0.6 is 54.8 Å². The van der Waals surface area contributed by atoms with Gasteiger partial charge >= 0.3 is 0 Å². The first-order chi connectivity index (χ1) is 9.11. The van der Waals surface area contributed by atoms with Crippen LogP contribution < -0.4 is 5.32 Å². The second-order valence-corrected chi connectivity index (χ2v) is 7.15. The number of nitrogens with one attached hydrogen (secondary N) is 1. The summed E-state index contributed by atoms with van der Waals surface area (Å²) >= 11 is 14.6. The topological polar surface area (TPSA) is 24.9 Å². The van der Waals surface area contributed by atoms with Crippen LogP contribution in [0.2, 0.25) is 5.02 Å². The zero-order chi connectivity index (χ0) is 13.4. The lowest BCUT2D eigenvalue weighted by molar-refractivity contribution is 1.44. The van der Waals surface area contributed by atoms with Crippen LogP contribution in [0.15, 0.2) is 45.3 Å². The number of hydrogen-bond donors (Lipinski definition) is 1. The summed E-state index contributed by atoms with van der Waals surface area (Å²) in [5.74, 6) is 0. The molecule has 3 rings (SSSR count). The SMILES string of the molecule is Clc1cc(Br)ccc1Nc1nc2ccc(Br)cc2s1. The molecule has 0 bridgehead atoms. The molecular formula is C13H7Br2ClN2S. The van der Waals surface area contributed by atoms with E-state index in [0.717, 1.165) is 30.0 Å². The molecule has 1 N–H and O–H groups in total. The van der Waals surface area contributed by atoms with Crippen LogP contribution in [0.25, 0.3) is 10.2 Å². The lowest BCUT2D eigenvalue weighted by atomic mass is 10.3. The number of aromatic nitrogens is 1. The summed E-state index contributed by atoms with van der Waals surface area (Å²) in [6.45, 7) is 0. The molecule has 0 atom stereocenters. The van der Waals surface area contributed by atoms with Crippen molar-refractivity contribution in [1.82, 2.24) is 4.98 Å². The number of fused-ring (bicyclic) bond motifs is 1. The molecule has 0 saturated heterocycles. The van der Waals surface area contributed by atoms with Gasteiger partial charge in [-0.3, -0.25) is 0 Å². The molecule has 96 valence electrons. The van der Waals surface area contributed by atoms with Gasteiger partial charge in [-0.25, -0.2) is 4.98 Å². The number of thiazole rings is 1. The zero-order valence-corrected chi connectivity index (χ0v) is 14.2. The first kappa shape index (κ1) is 13.4. The van der Waals surface area contributed by atoms with Crippen molar-refractivity contribution in [2.45, 2.75) is 0 Å². The Morgan fingerprint density at radius 2 is 1.79 bits per heavy atom. The van der Waals surface area contributed by atoms with Crippen molar-refractivity contribution in [2.75, 3.05) is 5.32 Å². The molecule has 0 aliphatic carbocycles. The largest absolute Gasteiger partial charge is 0.330 e. The minimum Gasteiger partial charge on any atom is -0.330 e. The average Bonchev–Trinajstić information content (AvgIpc) is 2.74. The lowest BCUT2D eigenvalue weighted by Gasteiger charge is -2.04. The number of anilines is 2. The molecule has 0 fully saturated rings. The lowest BCUT2D eigenvalue weighted by Crippen LogP contribution is -1.89. The molecular weight excluding hydrogens is 411 g/mol. The van der Waals surface area contributed by atoms with Crippen molar-refractivity contribution in [1.29, 1.82) is 0 Å². The van der Waals surface area contributed by atoms with Crippen molar-refractivity contribution in [3.05, 3.63) is 50.4 Å². The highest BCUT2D eigenvalue weighted by Crippen LogP contribution is 2.33. The minimum atomic E-state index is 0.662. The third kappa shape index (κ3) is 2.94. The molecule has 0 spiro atoms. The first-order valence-corrected chi connectivity index (χ1v) is 8.18. The molecule has 3 aromatic rings. The number of halogens is 3. The van der Waals surface area contributed by atoms with Gasteiger partial charge in [-0.15, -0.1) is 0 Å². The van der Waals surface area contributed by atoms with E-state index >= 15 is 0 Å². The molecule has 1 aromatic heterocycles. The summed E-state index contributed by atoms with van der Waals surface area (Å²) in [6.07, 6.45) is 0. The van der Waals surface area contributed by atoms with Crippen LogP contribution in [0.3, 0.4) is 0 Å². The third-order valence-electron chi connectivity index (χ3n) is 2.52. The van der Waals surface area contributed by atoms with E-state index in [4.69, 9.17) is 11.6 Å². The van der Waals surface area contributed by atoms with Crippen molar-refractivity contribution in [3.8, 4) is 0 Å². The Morgan fingerprint density at radius 1 is 1.05 bits per heavy atom. The van der Waals surface area contributed by atoms with Crippen molar-refractivity contribution in [3.63, 3.8) is 0 Å². The smallest absolute Gasteiger partial charge is 0.188 e. The molecule has 6 heteroatoms. The Bertz CT molecular complexity index is 757. The van der Waals surface area contributed by atoms with Crippen LogP contribution in [0.5, 0.6) is 0 Å². The Labute approximate surface area is 136 Å². The number of benzene rings is 2. The first-order valence-electron chi connectivity index (χ1n) is 5.40. The van der Waals surface area contributed by atoms with Gasteiger partial charge in [0.25, 0.3) is 0 Å². The van der Waals surface area contributed by atoms with Gasteiger partial charge in [0, 0.05) is 8.95 Å². The van der Waals surface area contributed by atoms with Crippen LogP contribution in [0, 0.1) is 0 Å². The fourth-order valence-electron chi connectivity index (χ4n) is 1.66. The summed E-state index contributed by atoms with van der Waals surface area (Å²) in [6, 6.07) is 11.8. The summed E-state index contributed by atoms with van der Waals surface area (Å²) < 4.78 is 3.14. The Hall–Kier alpha value is -0.620. The highest BCUT2D eigenvalue weighted by Gasteiger charge is 2.07. The van der Waals surface area contributed by atoms with Gasteiger partial charge in [0.15, 0.2) is 5.13 Å². The molecule has 2 nitrogen and oxygen atoms in total. The van der Waals surface area contributed by atoms with Gasteiger partial charge in [-0.05, 0) is 36.4 Å². The highest BCUT2D eigenvalue weighted by molar-refractivity contribution is 9.10. The average molecular weight is 419 g/mol. The molecule has 0 amide bonds. The van der Waals surface area contributed by atoms with Crippen LogP contribution in [-0.4, -0.2) is 4.98 Å². The van der Waals surface area contributed by atoms with E-state index in [2.05, 4.69) is 48.2 Å². The normalized spacial score (nSPS) is 10.9. The van der Waals surface area contributed by atoms with E-state index in [9.17, 15) is 0 Å². The number of hydrogen-bond acceptors (Lipinski definition) is 3. The number of nitrogens with zero attached hydrogens (tertiary/aromatic N) is 1. The quantitative estimate of drug-likeness (QED) is 0.534. The Kier molecular flexibility index (Phi) is 3.80. The van der Waals surface area contributed by atoms with Gasteiger partial charge in [0.2, 0.25) is 0 Å². The number of rotatable bonds is 2. The molecule has 19 heavy (non-hydrogen) atoms.